The van der Waals surface area contributed by atoms with Crippen LogP contribution < -0.4 is 0 Å². The molecular weight excluding hydrogens is 276 g/mol. The smallest absolute Gasteiger partial charge is 0.0502 e. The van der Waals surface area contributed by atoms with Crippen LogP contribution in [0, 0.1) is 5.92 Å². The fourth-order valence-corrected chi connectivity index (χ4v) is 3.21. The number of aliphatic hydroxyl groups excluding tert-OH is 1. The Labute approximate surface area is 112 Å². The average molecular weight is 297 g/mol. The van der Waals surface area contributed by atoms with Crippen LogP contribution >= 0.6 is 15.9 Å². The topological polar surface area (TPSA) is 20.2 Å². The van der Waals surface area contributed by atoms with E-state index in [2.05, 4.69) is 40.2 Å². The Bertz CT molecular complexity index is 325. The zero-order chi connectivity index (χ0) is 12.1. The predicted octanol–water partition coefficient (Wildman–Crippen LogP) is 4.50. The third-order valence-electron chi connectivity index (χ3n) is 3.96. The van der Waals surface area contributed by atoms with Gasteiger partial charge in [0.15, 0.2) is 0 Å². The van der Waals surface area contributed by atoms with Crippen molar-refractivity contribution in [2.75, 3.05) is 6.61 Å². The van der Waals surface area contributed by atoms with E-state index in [1.165, 1.54) is 44.1 Å². The van der Waals surface area contributed by atoms with Crippen LogP contribution in [-0.2, 0) is 0 Å². The fraction of sp³-hybridized carbons (Fsp3) is 0.600. The van der Waals surface area contributed by atoms with E-state index in [0.717, 1.165) is 4.47 Å². The lowest BCUT2D eigenvalue weighted by molar-refractivity contribution is 0.214. The van der Waals surface area contributed by atoms with Gasteiger partial charge in [-0.05, 0) is 36.5 Å². The van der Waals surface area contributed by atoms with E-state index in [-0.39, 0.29) is 6.61 Å². The number of aliphatic hydroxyl groups is 1. The molecule has 1 aliphatic carbocycles. The molecule has 0 spiro atoms. The number of hydrogen-bond donors (Lipinski definition) is 1. The summed E-state index contributed by atoms with van der Waals surface area (Å²) in [7, 11) is 0. The molecule has 1 aromatic rings. The Balaban J connectivity index is 2.11. The molecule has 2 rings (SSSR count). The quantitative estimate of drug-likeness (QED) is 0.815. The van der Waals surface area contributed by atoms with E-state index in [9.17, 15) is 5.11 Å². The number of halogens is 1. The van der Waals surface area contributed by atoms with Gasteiger partial charge < -0.3 is 5.11 Å². The van der Waals surface area contributed by atoms with Crippen LogP contribution in [0.4, 0.5) is 0 Å². The molecular formula is C15H21BrO. The molecule has 94 valence electrons. The normalized spacial score (nSPS) is 19.9. The van der Waals surface area contributed by atoms with Crippen molar-refractivity contribution >= 4 is 15.9 Å². The van der Waals surface area contributed by atoms with E-state index in [4.69, 9.17) is 0 Å². The van der Waals surface area contributed by atoms with Crippen LogP contribution in [0.15, 0.2) is 28.7 Å². The first-order valence-electron chi connectivity index (χ1n) is 6.67. The van der Waals surface area contributed by atoms with Gasteiger partial charge in [0.05, 0.1) is 6.61 Å². The van der Waals surface area contributed by atoms with Gasteiger partial charge in [0.2, 0.25) is 0 Å². The monoisotopic (exact) mass is 296 g/mol. The Morgan fingerprint density at radius 1 is 1.06 bits per heavy atom. The Kier molecular flexibility index (Phi) is 5.05. The molecule has 1 atom stereocenters. The summed E-state index contributed by atoms with van der Waals surface area (Å²) in [6, 6.07) is 8.45. The number of benzene rings is 1. The van der Waals surface area contributed by atoms with Gasteiger partial charge in [-0.25, -0.2) is 0 Å². The molecule has 0 aliphatic heterocycles. The predicted molar refractivity (Wildman–Crippen MR) is 75.2 cm³/mol. The Hall–Kier alpha value is -0.340. The molecule has 0 saturated heterocycles. The van der Waals surface area contributed by atoms with Crippen LogP contribution in [0.3, 0.4) is 0 Å². The summed E-state index contributed by atoms with van der Waals surface area (Å²) in [5, 5.41) is 9.68. The largest absolute Gasteiger partial charge is 0.396 e. The summed E-state index contributed by atoms with van der Waals surface area (Å²) in [5.74, 6) is 1.00. The molecule has 0 amide bonds. The molecule has 0 aromatic heterocycles. The minimum atomic E-state index is 0.284. The first-order valence-corrected chi connectivity index (χ1v) is 7.47. The van der Waals surface area contributed by atoms with Crippen molar-refractivity contribution in [1.82, 2.24) is 0 Å². The number of hydrogen-bond acceptors (Lipinski definition) is 1. The molecule has 0 heterocycles. The SMILES string of the molecule is OCC(c1ccc(Br)cc1)C1CCCCCC1. The van der Waals surface area contributed by atoms with Crippen LogP contribution in [0.25, 0.3) is 0 Å². The van der Waals surface area contributed by atoms with Gasteiger partial charge in [-0.3, -0.25) is 0 Å². The van der Waals surface area contributed by atoms with Crippen molar-refractivity contribution < 1.29 is 5.11 Å². The highest BCUT2D eigenvalue weighted by atomic mass is 79.9. The summed E-state index contributed by atoms with van der Waals surface area (Å²) in [4.78, 5) is 0. The molecule has 1 aromatic carbocycles. The van der Waals surface area contributed by atoms with Crippen LogP contribution in [-0.4, -0.2) is 11.7 Å². The molecule has 0 radical (unpaired) electrons. The van der Waals surface area contributed by atoms with Crippen molar-refractivity contribution in [3.8, 4) is 0 Å². The van der Waals surface area contributed by atoms with E-state index < -0.39 is 0 Å². The van der Waals surface area contributed by atoms with Crippen LogP contribution in [0.5, 0.6) is 0 Å². The minimum absolute atomic E-state index is 0.284. The summed E-state index contributed by atoms with van der Waals surface area (Å²) >= 11 is 3.46. The first kappa shape index (κ1) is 13.1. The standard InChI is InChI=1S/C15H21BrO/c16-14-9-7-13(8-10-14)15(11-17)12-5-3-1-2-4-6-12/h7-10,12,15,17H,1-6,11H2. The summed E-state index contributed by atoms with van der Waals surface area (Å²) < 4.78 is 1.11. The number of rotatable bonds is 3. The Morgan fingerprint density at radius 3 is 2.18 bits per heavy atom. The average Bonchev–Trinajstić information content (AvgIpc) is 2.62. The molecule has 1 aliphatic rings. The zero-order valence-corrected chi connectivity index (χ0v) is 11.8. The van der Waals surface area contributed by atoms with Crippen LogP contribution in [0.1, 0.15) is 50.0 Å². The summed E-state index contributed by atoms with van der Waals surface area (Å²) in [5.41, 5.74) is 1.29. The summed E-state index contributed by atoms with van der Waals surface area (Å²) in [6.07, 6.45) is 7.96. The van der Waals surface area contributed by atoms with E-state index >= 15 is 0 Å². The maximum atomic E-state index is 9.68. The fourth-order valence-electron chi connectivity index (χ4n) is 2.95. The molecule has 1 nitrogen and oxygen atoms in total. The van der Waals surface area contributed by atoms with Gasteiger partial charge in [-0.2, -0.15) is 0 Å². The van der Waals surface area contributed by atoms with Gasteiger partial charge >= 0.3 is 0 Å². The lowest BCUT2D eigenvalue weighted by Crippen LogP contribution is -2.16. The van der Waals surface area contributed by atoms with Crippen molar-refractivity contribution in [3.05, 3.63) is 34.3 Å². The lowest BCUT2D eigenvalue weighted by Gasteiger charge is -2.24. The molecule has 1 unspecified atom stereocenters. The van der Waals surface area contributed by atoms with Gasteiger partial charge in [-0.15, -0.1) is 0 Å². The lowest BCUT2D eigenvalue weighted by atomic mass is 9.82. The zero-order valence-electron chi connectivity index (χ0n) is 10.2. The van der Waals surface area contributed by atoms with Gasteiger partial charge in [0.25, 0.3) is 0 Å². The molecule has 0 bridgehead atoms. The molecule has 1 N–H and O–H groups in total. The highest BCUT2D eigenvalue weighted by Gasteiger charge is 2.23. The van der Waals surface area contributed by atoms with Gasteiger partial charge in [-0.1, -0.05) is 53.7 Å². The van der Waals surface area contributed by atoms with Gasteiger partial charge in [0, 0.05) is 10.4 Å². The second-order valence-electron chi connectivity index (χ2n) is 5.09. The van der Waals surface area contributed by atoms with E-state index in [1.807, 2.05) is 0 Å². The van der Waals surface area contributed by atoms with Crippen molar-refractivity contribution in [1.29, 1.82) is 0 Å². The highest BCUT2D eigenvalue weighted by Crippen LogP contribution is 2.35. The molecule has 2 heteroatoms. The Morgan fingerprint density at radius 2 is 1.65 bits per heavy atom. The minimum Gasteiger partial charge on any atom is -0.396 e. The third kappa shape index (κ3) is 3.56. The maximum Gasteiger partial charge on any atom is 0.0502 e. The van der Waals surface area contributed by atoms with Gasteiger partial charge in [0.1, 0.15) is 0 Å². The molecule has 1 saturated carbocycles. The van der Waals surface area contributed by atoms with Crippen molar-refractivity contribution in [3.63, 3.8) is 0 Å². The third-order valence-corrected chi connectivity index (χ3v) is 4.49. The van der Waals surface area contributed by atoms with E-state index in [1.54, 1.807) is 0 Å². The van der Waals surface area contributed by atoms with Crippen molar-refractivity contribution in [2.45, 2.75) is 44.4 Å². The van der Waals surface area contributed by atoms with E-state index in [0.29, 0.717) is 11.8 Å². The molecule has 1 fully saturated rings. The maximum absolute atomic E-state index is 9.68. The van der Waals surface area contributed by atoms with Crippen molar-refractivity contribution in [2.24, 2.45) is 5.92 Å². The first-order chi connectivity index (χ1) is 8.31. The highest BCUT2D eigenvalue weighted by molar-refractivity contribution is 9.10. The second kappa shape index (κ2) is 6.55. The van der Waals surface area contributed by atoms with Crippen LogP contribution in [0.2, 0.25) is 0 Å². The summed E-state index contributed by atoms with van der Waals surface area (Å²) in [6.45, 7) is 0.284. The molecule has 17 heavy (non-hydrogen) atoms. The second-order valence-corrected chi connectivity index (χ2v) is 6.01.